The SMILES string of the molecule is CCCN1C(=O)OC(c2cnccc2OC)[C@H]1C. The maximum atomic E-state index is 11.8. The third kappa shape index (κ3) is 2.12. The van der Waals surface area contributed by atoms with Crippen molar-refractivity contribution in [3.63, 3.8) is 0 Å². The van der Waals surface area contributed by atoms with Gasteiger partial charge in [-0.15, -0.1) is 0 Å². The maximum Gasteiger partial charge on any atom is 0.410 e. The highest BCUT2D eigenvalue weighted by Crippen LogP contribution is 2.36. The Kier molecular flexibility index (Phi) is 3.69. The molecular weight excluding hydrogens is 232 g/mol. The molecule has 5 nitrogen and oxygen atoms in total. The second-order valence-corrected chi connectivity index (χ2v) is 4.36. The molecule has 1 unspecified atom stereocenters. The van der Waals surface area contributed by atoms with Crippen LogP contribution in [0.5, 0.6) is 5.75 Å². The molecule has 1 aromatic rings. The first-order valence-electron chi connectivity index (χ1n) is 6.14. The van der Waals surface area contributed by atoms with Crippen molar-refractivity contribution in [2.45, 2.75) is 32.4 Å². The molecule has 0 aliphatic carbocycles. The van der Waals surface area contributed by atoms with Gasteiger partial charge in [0.25, 0.3) is 0 Å². The number of pyridine rings is 1. The maximum absolute atomic E-state index is 11.8. The zero-order valence-corrected chi connectivity index (χ0v) is 10.9. The van der Waals surface area contributed by atoms with E-state index in [1.54, 1.807) is 30.5 Å². The van der Waals surface area contributed by atoms with Crippen molar-refractivity contribution in [1.82, 2.24) is 9.88 Å². The van der Waals surface area contributed by atoms with Crippen LogP contribution in [0.25, 0.3) is 0 Å². The van der Waals surface area contributed by atoms with Crippen LogP contribution in [-0.4, -0.2) is 35.7 Å². The normalized spacial score (nSPS) is 23.1. The first-order valence-corrected chi connectivity index (χ1v) is 6.14. The van der Waals surface area contributed by atoms with Gasteiger partial charge >= 0.3 is 6.09 Å². The first-order chi connectivity index (χ1) is 8.69. The van der Waals surface area contributed by atoms with Crippen LogP contribution in [0, 0.1) is 0 Å². The Balaban J connectivity index is 2.27. The molecule has 0 spiro atoms. The monoisotopic (exact) mass is 250 g/mol. The molecule has 2 heterocycles. The molecule has 98 valence electrons. The molecule has 1 amide bonds. The summed E-state index contributed by atoms with van der Waals surface area (Å²) < 4.78 is 10.7. The molecule has 2 atom stereocenters. The lowest BCUT2D eigenvalue weighted by Crippen LogP contribution is -2.32. The molecule has 0 aromatic carbocycles. The second kappa shape index (κ2) is 5.25. The van der Waals surface area contributed by atoms with E-state index in [4.69, 9.17) is 9.47 Å². The number of amides is 1. The molecule has 0 saturated carbocycles. The van der Waals surface area contributed by atoms with E-state index in [0.29, 0.717) is 12.3 Å². The van der Waals surface area contributed by atoms with Crippen LogP contribution in [0.3, 0.4) is 0 Å². The highest BCUT2D eigenvalue weighted by atomic mass is 16.6. The molecular formula is C13H18N2O3. The number of hydrogen-bond donors (Lipinski definition) is 0. The molecule has 1 fully saturated rings. The van der Waals surface area contributed by atoms with Crippen molar-refractivity contribution in [1.29, 1.82) is 0 Å². The van der Waals surface area contributed by atoms with Gasteiger partial charge in [-0.05, 0) is 19.4 Å². The summed E-state index contributed by atoms with van der Waals surface area (Å²) in [5.74, 6) is 0.702. The van der Waals surface area contributed by atoms with Crippen LogP contribution in [-0.2, 0) is 4.74 Å². The largest absolute Gasteiger partial charge is 0.496 e. The Morgan fingerprint density at radius 3 is 3.00 bits per heavy atom. The number of aromatic nitrogens is 1. The van der Waals surface area contributed by atoms with Crippen molar-refractivity contribution in [3.8, 4) is 5.75 Å². The average molecular weight is 250 g/mol. The van der Waals surface area contributed by atoms with Gasteiger partial charge in [-0.3, -0.25) is 4.98 Å². The molecule has 1 aromatic heterocycles. The third-order valence-corrected chi connectivity index (χ3v) is 3.19. The fourth-order valence-electron chi connectivity index (χ4n) is 2.26. The quantitative estimate of drug-likeness (QED) is 0.823. The lowest BCUT2D eigenvalue weighted by atomic mass is 10.0. The smallest absolute Gasteiger partial charge is 0.410 e. The molecule has 1 aliphatic heterocycles. The molecule has 2 rings (SSSR count). The minimum absolute atomic E-state index is 0.00412. The van der Waals surface area contributed by atoms with Gasteiger partial charge < -0.3 is 14.4 Å². The lowest BCUT2D eigenvalue weighted by molar-refractivity contribution is 0.129. The number of carbonyl (C=O) groups excluding carboxylic acids is 1. The predicted octanol–water partition coefficient (Wildman–Crippen LogP) is 2.38. The van der Waals surface area contributed by atoms with E-state index in [9.17, 15) is 4.79 Å². The second-order valence-electron chi connectivity index (χ2n) is 4.36. The van der Waals surface area contributed by atoms with Crippen LogP contribution in [0.2, 0.25) is 0 Å². The number of carbonyl (C=O) groups is 1. The number of cyclic esters (lactones) is 1. The summed E-state index contributed by atoms with van der Waals surface area (Å²) >= 11 is 0. The lowest BCUT2D eigenvalue weighted by Gasteiger charge is -2.20. The fourth-order valence-corrected chi connectivity index (χ4v) is 2.26. The Morgan fingerprint density at radius 1 is 1.56 bits per heavy atom. The zero-order valence-electron chi connectivity index (χ0n) is 10.9. The third-order valence-electron chi connectivity index (χ3n) is 3.19. The Morgan fingerprint density at radius 2 is 2.33 bits per heavy atom. The Bertz CT molecular complexity index is 436. The van der Waals surface area contributed by atoms with E-state index >= 15 is 0 Å². The van der Waals surface area contributed by atoms with Crippen molar-refractivity contribution in [2.24, 2.45) is 0 Å². The molecule has 0 N–H and O–H groups in total. The van der Waals surface area contributed by atoms with Gasteiger partial charge in [0, 0.05) is 18.9 Å². The minimum Gasteiger partial charge on any atom is -0.496 e. The van der Waals surface area contributed by atoms with Crippen molar-refractivity contribution in [2.75, 3.05) is 13.7 Å². The van der Waals surface area contributed by atoms with E-state index in [0.717, 1.165) is 12.0 Å². The highest BCUT2D eigenvalue weighted by molar-refractivity contribution is 5.71. The van der Waals surface area contributed by atoms with Crippen LogP contribution in [0.15, 0.2) is 18.5 Å². The van der Waals surface area contributed by atoms with Crippen LogP contribution in [0.4, 0.5) is 4.79 Å². The number of ether oxygens (including phenoxy) is 2. The van der Waals surface area contributed by atoms with E-state index in [1.807, 2.05) is 13.8 Å². The Hall–Kier alpha value is -1.78. The topological polar surface area (TPSA) is 51.7 Å². The van der Waals surface area contributed by atoms with Crippen LogP contribution in [0.1, 0.15) is 31.9 Å². The van der Waals surface area contributed by atoms with E-state index in [2.05, 4.69) is 4.98 Å². The molecule has 18 heavy (non-hydrogen) atoms. The van der Waals surface area contributed by atoms with Gasteiger partial charge in [0.05, 0.1) is 18.7 Å². The number of rotatable bonds is 4. The summed E-state index contributed by atoms with van der Waals surface area (Å²) in [6.45, 7) is 4.73. The Labute approximate surface area is 107 Å². The number of methoxy groups -OCH3 is 1. The average Bonchev–Trinajstić information content (AvgIpc) is 2.67. The molecule has 0 bridgehead atoms. The highest BCUT2D eigenvalue weighted by Gasteiger charge is 2.40. The van der Waals surface area contributed by atoms with Crippen LogP contribution < -0.4 is 4.74 Å². The molecule has 0 radical (unpaired) electrons. The van der Waals surface area contributed by atoms with Gasteiger partial charge in [-0.2, -0.15) is 0 Å². The summed E-state index contributed by atoms with van der Waals surface area (Å²) in [7, 11) is 1.60. The van der Waals surface area contributed by atoms with Crippen LogP contribution >= 0.6 is 0 Å². The summed E-state index contributed by atoms with van der Waals surface area (Å²) in [5, 5.41) is 0. The zero-order chi connectivity index (χ0) is 13.1. The van der Waals surface area contributed by atoms with Gasteiger partial charge in [-0.25, -0.2) is 4.79 Å². The molecule has 5 heteroatoms. The first kappa shape index (κ1) is 12.7. The van der Waals surface area contributed by atoms with Gasteiger partial charge in [0.1, 0.15) is 5.75 Å². The minimum atomic E-state index is -0.312. The van der Waals surface area contributed by atoms with Crippen molar-refractivity contribution in [3.05, 3.63) is 24.0 Å². The van der Waals surface area contributed by atoms with Gasteiger partial charge in [0.2, 0.25) is 0 Å². The molecule has 1 aliphatic rings. The van der Waals surface area contributed by atoms with E-state index in [1.165, 1.54) is 0 Å². The van der Waals surface area contributed by atoms with Crippen molar-refractivity contribution < 1.29 is 14.3 Å². The van der Waals surface area contributed by atoms with Gasteiger partial charge in [0.15, 0.2) is 6.10 Å². The van der Waals surface area contributed by atoms with Crippen molar-refractivity contribution >= 4 is 6.09 Å². The fraction of sp³-hybridized carbons (Fsp3) is 0.538. The standard InChI is InChI=1S/C13H18N2O3/c1-4-7-15-9(2)12(18-13(15)16)10-8-14-6-5-11(10)17-3/h5-6,8-9,12H,4,7H2,1-3H3/t9-,12?/m1/s1. The summed E-state index contributed by atoms with van der Waals surface area (Å²) in [5.41, 5.74) is 0.819. The number of hydrogen-bond acceptors (Lipinski definition) is 4. The summed E-state index contributed by atoms with van der Waals surface area (Å²) in [4.78, 5) is 17.6. The summed E-state index contributed by atoms with van der Waals surface area (Å²) in [6, 6.07) is 1.77. The summed E-state index contributed by atoms with van der Waals surface area (Å²) in [6.07, 6.45) is 3.69. The van der Waals surface area contributed by atoms with E-state index in [-0.39, 0.29) is 18.2 Å². The predicted molar refractivity (Wildman–Crippen MR) is 66.5 cm³/mol. The van der Waals surface area contributed by atoms with E-state index < -0.39 is 0 Å². The number of nitrogens with zero attached hydrogens (tertiary/aromatic N) is 2. The molecule has 1 saturated heterocycles. The van der Waals surface area contributed by atoms with Gasteiger partial charge in [-0.1, -0.05) is 6.92 Å².